The zero-order chi connectivity index (χ0) is 24.6. The minimum Gasteiger partial charge on any atom is -0.390 e. The number of fused-ring (bicyclic) bond motifs is 1. The number of carbonyl (C=O) groups is 2. The van der Waals surface area contributed by atoms with Crippen molar-refractivity contribution in [1.82, 2.24) is 14.8 Å². The number of hydrogen-bond donors (Lipinski definition) is 2. The van der Waals surface area contributed by atoms with Crippen molar-refractivity contribution in [3.8, 4) is 0 Å². The number of nitrogens with zero attached hydrogens (tertiary/aromatic N) is 3. The van der Waals surface area contributed by atoms with E-state index in [1.54, 1.807) is 52.7 Å². The first kappa shape index (κ1) is 23.9. The molecule has 0 radical (unpaired) electrons. The van der Waals surface area contributed by atoms with Crippen LogP contribution in [-0.2, 0) is 15.8 Å². The maximum Gasteiger partial charge on any atom is 0.253 e. The maximum atomic E-state index is 13.0. The predicted octanol–water partition coefficient (Wildman–Crippen LogP) is 3.27. The van der Waals surface area contributed by atoms with Gasteiger partial charge in [0.1, 0.15) is 0 Å². The molecule has 0 saturated carbocycles. The Hall–Kier alpha value is -2.82. The molecule has 0 bridgehead atoms. The first-order valence-corrected chi connectivity index (χ1v) is 13.7. The number of benzene rings is 2. The lowest BCUT2D eigenvalue weighted by atomic mass is 9.82. The number of thiazole rings is 1. The highest BCUT2D eigenvalue weighted by atomic mass is 32.2. The fourth-order valence-electron chi connectivity index (χ4n) is 4.91. The highest BCUT2D eigenvalue weighted by molar-refractivity contribution is 7.86. The lowest BCUT2D eigenvalue weighted by molar-refractivity contribution is -0.132. The van der Waals surface area contributed by atoms with Crippen LogP contribution >= 0.6 is 11.3 Å². The van der Waals surface area contributed by atoms with Gasteiger partial charge in [0.25, 0.3) is 5.91 Å². The molecular weight excluding hydrogens is 484 g/mol. The van der Waals surface area contributed by atoms with E-state index in [0.29, 0.717) is 48.5 Å². The minimum atomic E-state index is -1.48. The molecule has 2 atom stereocenters. The summed E-state index contributed by atoms with van der Waals surface area (Å²) in [6.45, 7) is 1.64. The van der Waals surface area contributed by atoms with Gasteiger partial charge in [0, 0.05) is 43.9 Å². The van der Waals surface area contributed by atoms with E-state index in [1.165, 1.54) is 11.3 Å². The Morgan fingerprint density at radius 2 is 1.94 bits per heavy atom. The number of nitrogens with one attached hydrogen (secondary N) is 1. The van der Waals surface area contributed by atoms with Gasteiger partial charge < -0.3 is 19.6 Å². The molecule has 2 unspecified atom stereocenters. The molecule has 184 valence electrons. The molecule has 1 aromatic heterocycles. The average molecular weight is 513 g/mol. The number of aromatic nitrogens is 1. The topological polar surface area (TPSA) is 103 Å². The number of aliphatic hydroxyl groups is 1. The van der Waals surface area contributed by atoms with Crippen molar-refractivity contribution in [1.29, 1.82) is 0 Å². The smallest absolute Gasteiger partial charge is 0.253 e. The largest absolute Gasteiger partial charge is 0.390 e. The summed E-state index contributed by atoms with van der Waals surface area (Å²) in [6.07, 6.45) is 2.18. The maximum absolute atomic E-state index is 13.0. The number of piperidine rings is 1. The normalized spacial score (nSPS) is 20.9. The molecule has 2 aliphatic heterocycles. The van der Waals surface area contributed by atoms with E-state index in [4.69, 9.17) is 0 Å². The van der Waals surface area contributed by atoms with Gasteiger partial charge in [-0.2, -0.15) is 0 Å². The van der Waals surface area contributed by atoms with Crippen molar-refractivity contribution >= 4 is 50.0 Å². The summed E-state index contributed by atoms with van der Waals surface area (Å²) in [6, 6.07) is 12.5. The second-order valence-corrected chi connectivity index (χ2v) is 11.4. The van der Waals surface area contributed by atoms with Gasteiger partial charge in [-0.05, 0) is 62.1 Å². The Morgan fingerprint density at radius 1 is 1.20 bits per heavy atom. The summed E-state index contributed by atoms with van der Waals surface area (Å²) in [5, 5.41) is 11.0. The Labute approximate surface area is 210 Å². The monoisotopic (exact) mass is 512 g/mol. The number of para-hydroxylation sites is 1. The van der Waals surface area contributed by atoms with Crippen LogP contribution in [0.1, 0.15) is 36.0 Å². The van der Waals surface area contributed by atoms with Crippen molar-refractivity contribution in [3.05, 3.63) is 53.5 Å². The Bertz CT molecular complexity index is 1270. The lowest BCUT2D eigenvalue weighted by Crippen LogP contribution is -2.48. The van der Waals surface area contributed by atoms with Crippen LogP contribution in [0.2, 0.25) is 0 Å². The number of likely N-dealkylation sites (tertiary alicyclic amines) is 2. The van der Waals surface area contributed by atoms with Gasteiger partial charge in [-0.25, -0.2) is 9.19 Å². The highest BCUT2D eigenvalue weighted by Gasteiger charge is 2.40. The molecule has 8 nitrogen and oxygen atoms in total. The van der Waals surface area contributed by atoms with Crippen molar-refractivity contribution in [2.24, 2.45) is 5.92 Å². The van der Waals surface area contributed by atoms with Crippen LogP contribution in [-0.4, -0.2) is 68.2 Å². The Kier molecular flexibility index (Phi) is 6.61. The van der Waals surface area contributed by atoms with E-state index in [0.717, 1.165) is 23.2 Å². The molecule has 3 aromatic rings. The highest BCUT2D eigenvalue weighted by Crippen LogP contribution is 2.33. The van der Waals surface area contributed by atoms with E-state index >= 15 is 0 Å². The molecule has 3 heterocycles. The van der Waals surface area contributed by atoms with Crippen molar-refractivity contribution in [2.75, 3.05) is 31.4 Å². The second-order valence-electron chi connectivity index (χ2n) is 9.37. The number of amides is 2. The van der Waals surface area contributed by atoms with Gasteiger partial charge in [0.05, 0.1) is 26.2 Å². The van der Waals surface area contributed by atoms with Crippen LogP contribution in [0.3, 0.4) is 0 Å². The zero-order valence-electron chi connectivity index (χ0n) is 19.5. The van der Waals surface area contributed by atoms with Crippen molar-refractivity contribution in [2.45, 2.75) is 36.2 Å². The summed E-state index contributed by atoms with van der Waals surface area (Å²) >= 11 is 1.50. The zero-order valence-corrected chi connectivity index (χ0v) is 21.1. The standard InChI is InChI=1S/C25H28N4O4S2/c1-28-12-9-18(23(28)30)15-25(32)10-13-29(14-11-25)24(31)17-5-7-19(8-6-17)27-35(33)21-4-2-3-20-22(21)26-16-34-20/h2-8,16,18,27,32H,9-15H2,1H3. The number of rotatable bonds is 6. The Balaban J connectivity index is 1.18. The third kappa shape index (κ3) is 4.96. The summed E-state index contributed by atoms with van der Waals surface area (Å²) in [4.78, 5) is 33.6. The number of carbonyl (C=O) groups excluding carboxylic acids is 2. The molecule has 5 rings (SSSR count). The number of hydrogen-bond acceptors (Lipinski definition) is 6. The predicted molar refractivity (Wildman–Crippen MR) is 137 cm³/mol. The first-order chi connectivity index (χ1) is 16.8. The third-order valence-corrected chi connectivity index (χ3v) is 8.96. The van der Waals surface area contributed by atoms with Gasteiger partial charge in [0.2, 0.25) is 5.91 Å². The lowest BCUT2D eigenvalue weighted by Gasteiger charge is -2.39. The van der Waals surface area contributed by atoms with E-state index in [2.05, 4.69) is 9.71 Å². The van der Waals surface area contributed by atoms with Crippen molar-refractivity contribution < 1.29 is 18.9 Å². The van der Waals surface area contributed by atoms with Crippen LogP contribution in [0.5, 0.6) is 0 Å². The molecule has 2 aliphatic rings. The van der Waals surface area contributed by atoms with Gasteiger partial charge in [0.15, 0.2) is 11.0 Å². The van der Waals surface area contributed by atoms with Crippen molar-refractivity contribution in [3.63, 3.8) is 0 Å². The minimum absolute atomic E-state index is 0.0939. The molecule has 2 amide bonds. The van der Waals surface area contributed by atoms with Crippen LogP contribution in [0.4, 0.5) is 5.69 Å². The summed E-state index contributed by atoms with van der Waals surface area (Å²) < 4.78 is 16.8. The second kappa shape index (κ2) is 9.67. The first-order valence-electron chi connectivity index (χ1n) is 11.7. The fraction of sp³-hybridized carbons (Fsp3) is 0.400. The Morgan fingerprint density at radius 3 is 2.63 bits per heavy atom. The third-order valence-electron chi connectivity index (χ3n) is 7.01. The fourth-order valence-corrected chi connectivity index (χ4v) is 6.68. The summed E-state index contributed by atoms with van der Waals surface area (Å²) in [7, 11) is 0.318. The van der Waals surface area contributed by atoms with Crippen LogP contribution in [0, 0.1) is 5.92 Å². The van der Waals surface area contributed by atoms with E-state index in [9.17, 15) is 18.9 Å². The van der Waals surface area contributed by atoms with Crippen LogP contribution in [0.15, 0.2) is 52.9 Å². The van der Waals surface area contributed by atoms with Gasteiger partial charge in [-0.15, -0.1) is 11.3 Å². The van der Waals surface area contributed by atoms with Gasteiger partial charge in [-0.3, -0.25) is 9.59 Å². The molecule has 2 saturated heterocycles. The molecule has 10 heteroatoms. The molecule has 35 heavy (non-hydrogen) atoms. The average Bonchev–Trinajstić information content (AvgIpc) is 3.46. The molecule has 0 aliphatic carbocycles. The molecule has 2 fully saturated rings. The van der Waals surface area contributed by atoms with Crippen LogP contribution in [0.25, 0.3) is 10.2 Å². The molecular formula is C25H28N4O4S2. The number of anilines is 1. The van der Waals surface area contributed by atoms with Gasteiger partial charge in [-0.1, -0.05) is 6.07 Å². The SMILES string of the molecule is CN1CCC(CC2(O)CCN(C(=O)c3ccc(NS(=O)c4cccc5scnc45)cc3)CC2)C1=O. The molecule has 0 spiro atoms. The summed E-state index contributed by atoms with van der Waals surface area (Å²) in [5.74, 6) is -0.112. The summed E-state index contributed by atoms with van der Waals surface area (Å²) in [5.41, 5.74) is 2.75. The van der Waals surface area contributed by atoms with Gasteiger partial charge >= 0.3 is 0 Å². The van der Waals surface area contributed by atoms with E-state index in [1.807, 2.05) is 12.1 Å². The molecule has 2 N–H and O–H groups in total. The van der Waals surface area contributed by atoms with E-state index in [-0.39, 0.29) is 17.7 Å². The quantitative estimate of drug-likeness (QED) is 0.528. The molecule has 2 aromatic carbocycles. The van der Waals surface area contributed by atoms with E-state index < -0.39 is 16.6 Å². The van der Waals surface area contributed by atoms with Crippen LogP contribution < -0.4 is 4.72 Å².